The number of hydrogen-bond acceptors (Lipinski definition) is 6. The number of nitriles is 1. The van der Waals surface area contributed by atoms with Crippen LogP contribution in [0.1, 0.15) is 30.1 Å². The van der Waals surface area contributed by atoms with Gasteiger partial charge in [-0.1, -0.05) is 13.8 Å². The maximum absolute atomic E-state index is 12.6. The number of aryl methyl sites for hydroxylation is 1. The zero-order valence-corrected chi connectivity index (χ0v) is 17.1. The molecule has 0 N–H and O–H groups in total. The number of imide groups is 1. The quantitative estimate of drug-likeness (QED) is 0.624. The average Bonchev–Trinajstić information content (AvgIpc) is 2.95. The summed E-state index contributed by atoms with van der Waals surface area (Å²) < 4.78 is 0.974. The first-order chi connectivity index (χ1) is 13.8. The minimum absolute atomic E-state index is 0.0564. The Balaban J connectivity index is 1.51. The highest BCUT2D eigenvalue weighted by atomic mass is 32.1. The van der Waals surface area contributed by atoms with Crippen LogP contribution in [0.4, 0.5) is 0 Å². The van der Waals surface area contributed by atoms with E-state index in [1.54, 1.807) is 12.3 Å². The fourth-order valence-electron chi connectivity index (χ4n) is 4.49. The first-order valence-corrected chi connectivity index (χ1v) is 10.2. The molecule has 2 unspecified atom stereocenters. The second-order valence-electron chi connectivity index (χ2n) is 8.32. The second kappa shape index (κ2) is 5.94. The molecule has 1 aliphatic carbocycles. The molecule has 0 bridgehead atoms. The molecule has 2 fully saturated rings. The number of fused-ring (bicyclic) bond motifs is 2. The van der Waals surface area contributed by atoms with Crippen molar-refractivity contribution in [3.8, 4) is 17.2 Å². The van der Waals surface area contributed by atoms with Gasteiger partial charge in [-0.15, -0.1) is 11.3 Å². The van der Waals surface area contributed by atoms with Gasteiger partial charge >= 0.3 is 0 Å². The third-order valence-electron chi connectivity index (χ3n) is 6.05. The summed E-state index contributed by atoms with van der Waals surface area (Å²) in [6, 6.07) is 9.67. The van der Waals surface area contributed by atoms with Crippen LogP contribution in [-0.4, -0.2) is 26.7 Å². The molecule has 2 atom stereocenters. The molecular weight excluding hydrogens is 384 g/mol. The Kier molecular flexibility index (Phi) is 3.68. The van der Waals surface area contributed by atoms with Crippen molar-refractivity contribution in [2.75, 3.05) is 0 Å². The highest BCUT2D eigenvalue weighted by Crippen LogP contribution is 2.63. The topological polar surface area (TPSA) is 87.0 Å². The predicted molar refractivity (Wildman–Crippen MR) is 109 cm³/mol. The first kappa shape index (κ1) is 18.0. The van der Waals surface area contributed by atoms with Crippen molar-refractivity contribution in [1.82, 2.24) is 14.9 Å². The highest BCUT2D eigenvalue weighted by molar-refractivity contribution is 7.19. The van der Waals surface area contributed by atoms with E-state index < -0.39 is 0 Å². The minimum atomic E-state index is -0.197. The summed E-state index contributed by atoms with van der Waals surface area (Å²) in [7, 11) is 0. The molecule has 1 saturated heterocycles. The van der Waals surface area contributed by atoms with E-state index in [9.17, 15) is 14.9 Å². The van der Waals surface area contributed by atoms with Crippen LogP contribution in [0.3, 0.4) is 0 Å². The number of hydrogen-bond donors (Lipinski definition) is 0. The molecular formula is C22H18N4O2S. The van der Waals surface area contributed by atoms with Crippen molar-refractivity contribution in [3.63, 3.8) is 0 Å². The van der Waals surface area contributed by atoms with Crippen LogP contribution >= 0.6 is 11.3 Å². The number of amides is 2. The van der Waals surface area contributed by atoms with E-state index >= 15 is 0 Å². The second-order valence-corrected chi connectivity index (χ2v) is 9.46. The van der Waals surface area contributed by atoms with E-state index in [0.717, 1.165) is 31.9 Å². The molecule has 7 heteroatoms. The van der Waals surface area contributed by atoms with E-state index in [-0.39, 0.29) is 29.1 Å². The van der Waals surface area contributed by atoms with Gasteiger partial charge in [-0.2, -0.15) is 5.26 Å². The third-order valence-corrected chi connectivity index (χ3v) is 7.19. The Morgan fingerprint density at radius 1 is 1.21 bits per heavy atom. The molecule has 1 saturated carbocycles. The molecule has 0 aromatic carbocycles. The van der Waals surface area contributed by atoms with E-state index in [1.807, 2.05) is 39.0 Å². The van der Waals surface area contributed by atoms with Gasteiger partial charge in [0.1, 0.15) is 11.8 Å². The van der Waals surface area contributed by atoms with Crippen molar-refractivity contribution >= 4 is 33.4 Å². The molecule has 3 aromatic rings. The Bertz CT molecular complexity index is 1230. The van der Waals surface area contributed by atoms with Crippen LogP contribution < -0.4 is 0 Å². The number of aromatic nitrogens is 2. The van der Waals surface area contributed by atoms with Gasteiger partial charge in [0.25, 0.3) is 0 Å². The molecule has 0 spiro atoms. The lowest BCUT2D eigenvalue weighted by atomic mass is 10.1. The number of likely N-dealkylation sites (tertiary alicyclic amines) is 1. The standard InChI is InChI=1S/C22H18N4O2S/c1-11-6-12(7-13(9-23)25-11)15-4-5-24-16-8-14(29-19(15)16)10-26-20(27)17-18(21(26)28)22(17,2)3/h4-8,17-18H,10H2,1-3H3. The van der Waals surface area contributed by atoms with Gasteiger partial charge in [0, 0.05) is 22.3 Å². The largest absolute Gasteiger partial charge is 0.277 e. The SMILES string of the molecule is Cc1cc(-c2ccnc3cc(CN4C(=O)C5C(C4=O)C5(C)C)sc23)cc(C#N)n1. The lowest BCUT2D eigenvalue weighted by molar-refractivity contribution is -0.143. The van der Waals surface area contributed by atoms with Crippen molar-refractivity contribution in [2.24, 2.45) is 17.3 Å². The molecule has 29 heavy (non-hydrogen) atoms. The van der Waals surface area contributed by atoms with Gasteiger partial charge in [0.05, 0.1) is 28.6 Å². The molecule has 2 aliphatic rings. The Morgan fingerprint density at radius 3 is 2.62 bits per heavy atom. The molecule has 4 heterocycles. The summed E-state index contributed by atoms with van der Waals surface area (Å²) in [5, 5.41) is 9.23. The number of carbonyl (C=O) groups is 2. The number of pyridine rings is 2. The van der Waals surface area contributed by atoms with Gasteiger partial charge in [0.15, 0.2) is 0 Å². The summed E-state index contributed by atoms with van der Waals surface area (Å²) >= 11 is 1.53. The lowest BCUT2D eigenvalue weighted by Gasteiger charge is -2.19. The van der Waals surface area contributed by atoms with Crippen LogP contribution in [0.2, 0.25) is 0 Å². The normalized spacial score (nSPS) is 22.1. The summed E-state index contributed by atoms with van der Waals surface area (Å²) in [4.78, 5) is 36.3. The van der Waals surface area contributed by atoms with E-state index in [0.29, 0.717) is 12.2 Å². The molecule has 144 valence electrons. The van der Waals surface area contributed by atoms with E-state index in [4.69, 9.17) is 0 Å². The predicted octanol–water partition coefficient (Wildman–Crippen LogP) is 3.68. The Morgan fingerprint density at radius 2 is 1.93 bits per heavy atom. The minimum Gasteiger partial charge on any atom is -0.277 e. The average molecular weight is 402 g/mol. The van der Waals surface area contributed by atoms with Crippen LogP contribution in [-0.2, 0) is 16.1 Å². The summed E-state index contributed by atoms with van der Waals surface area (Å²) in [5.74, 6) is -0.442. The third kappa shape index (κ3) is 2.60. The Labute approximate surface area is 171 Å². The number of rotatable bonds is 3. The fraction of sp³-hybridized carbons (Fsp3) is 0.318. The van der Waals surface area contributed by atoms with Gasteiger partial charge in [-0.3, -0.25) is 19.5 Å². The van der Waals surface area contributed by atoms with Gasteiger partial charge < -0.3 is 0 Å². The maximum Gasteiger partial charge on any atom is 0.234 e. The zero-order valence-electron chi connectivity index (χ0n) is 16.3. The van der Waals surface area contributed by atoms with Crippen LogP contribution in [0.15, 0.2) is 30.5 Å². The molecule has 0 radical (unpaired) electrons. The van der Waals surface area contributed by atoms with Crippen LogP contribution in [0.5, 0.6) is 0 Å². The number of thiophene rings is 1. The van der Waals surface area contributed by atoms with Crippen molar-refractivity contribution in [3.05, 3.63) is 46.7 Å². The van der Waals surface area contributed by atoms with Crippen molar-refractivity contribution < 1.29 is 9.59 Å². The van der Waals surface area contributed by atoms with Crippen LogP contribution in [0.25, 0.3) is 21.3 Å². The number of nitrogens with zero attached hydrogens (tertiary/aromatic N) is 4. The van der Waals surface area contributed by atoms with Gasteiger partial charge in [-0.25, -0.2) is 4.98 Å². The van der Waals surface area contributed by atoms with E-state index in [2.05, 4.69) is 16.0 Å². The highest BCUT2D eigenvalue weighted by Gasteiger charge is 2.72. The zero-order chi connectivity index (χ0) is 20.5. The fourth-order valence-corrected chi connectivity index (χ4v) is 5.63. The van der Waals surface area contributed by atoms with Crippen molar-refractivity contribution in [2.45, 2.75) is 27.3 Å². The Hall–Kier alpha value is -3.11. The summed E-state index contributed by atoms with van der Waals surface area (Å²) in [5.41, 5.74) is 3.65. The monoisotopic (exact) mass is 402 g/mol. The molecule has 5 rings (SSSR count). The molecule has 1 aliphatic heterocycles. The van der Waals surface area contributed by atoms with E-state index in [1.165, 1.54) is 16.2 Å². The molecule has 2 amide bonds. The number of piperidine rings is 1. The maximum atomic E-state index is 12.6. The summed E-state index contributed by atoms with van der Waals surface area (Å²) in [6.45, 7) is 6.12. The number of carbonyl (C=O) groups excluding carboxylic acids is 2. The van der Waals surface area contributed by atoms with Crippen LogP contribution in [0, 0.1) is 35.5 Å². The molecule has 6 nitrogen and oxygen atoms in total. The van der Waals surface area contributed by atoms with Crippen molar-refractivity contribution in [1.29, 1.82) is 5.26 Å². The van der Waals surface area contributed by atoms with Gasteiger partial charge in [-0.05, 0) is 42.2 Å². The lowest BCUT2D eigenvalue weighted by Crippen LogP contribution is -2.35. The van der Waals surface area contributed by atoms with Gasteiger partial charge in [0.2, 0.25) is 11.8 Å². The molecule has 3 aromatic heterocycles. The first-order valence-electron chi connectivity index (χ1n) is 9.43. The summed E-state index contributed by atoms with van der Waals surface area (Å²) in [6.07, 6.45) is 1.74. The smallest absolute Gasteiger partial charge is 0.234 e.